The molecule has 1 unspecified atom stereocenters. The van der Waals surface area contributed by atoms with Crippen LogP contribution in [0.1, 0.15) is 31.7 Å². The first-order chi connectivity index (χ1) is 6.65. The second-order valence-corrected chi connectivity index (χ2v) is 5.05. The Labute approximate surface area is 92.6 Å². The minimum absolute atomic E-state index is 0.191. The zero-order chi connectivity index (χ0) is 10.2. The first kappa shape index (κ1) is 10.2. The maximum atomic E-state index is 13.6. The van der Waals surface area contributed by atoms with Crippen LogP contribution < -0.4 is 0 Å². The van der Waals surface area contributed by atoms with Crippen molar-refractivity contribution >= 4 is 15.9 Å². The molecular formula is C12H14BrF. The van der Waals surface area contributed by atoms with Crippen molar-refractivity contribution in [2.24, 2.45) is 0 Å². The van der Waals surface area contributed by atoms with Gasteiger partial charge >= 0.3 is 0 Å². The van der Waals surface area contributed by atoms with Crippen LogP contribution in [0.2, 0.25) is 0 Å². The zero-order valence-electron chi connectivity index (χ0n) is 8.26. The van der Waals surface area contributed by atoms with Crippen molar-refractivity contribution in [1.29, 1.82) is 0 Å². The highest BCUT2D eigenvalue weighted by molar-refractivity contribution is 9.10. The van der Waals surface area contributed by atoms with Gasteiger partial charge in [-0.1, -0.05) is 34.5 Å². The fourth-order valence-electron chi connectivity index (χ4n) is 2.27. The third kappa shape index (κ3) is 1.50. The predicted octanol–water partition coefficient (Wildman–Crippen LogP) is 4.23. The van der Waals surface area contributed by atoms with Crippen molar-refractivity contribution in [3.8, 4) is 0 Å². The molecule has 0 bridgehead atoms. The normalized spacial score (nSPS) is 21.4. The molecule has 14 heavy (non-hydrogen) atoms. The Balaban J connectivity index is 2.37. The van der Waals surface area contributed by atoms with Gasteiger partial charge in [0.2, 0.25) is 0 Å². The Morgan fingerprint density at radius 1 is 1.43 bits per heavy atom. The second-order valence-electron chi connectivity index (χ2n) is 4.14. The fraction of sp³-hybridized carbons (Fsp3) is 0.500. The summed E-state index contributed by atoms with van der Waals surface area (Å²) in [6, 6.07) is 8.07. The van der Waals surface area contributed by atoms with Gasteiger partial charge in [0.05, 0.1) is 0 Å². The van der Waals surface area contributed by atoms with E-state index in [4.69, 9.17) is 0 Å². The van der Waals surface area contributed by atoms with Crippen LogP contribution in [-0.2, 0) is 5.41 Å². The minimum Gasteiger partial charge on any atom is -0.247 e. The van der Waals surface area contributed by atoms with E-state index in [2.05, 4.69) is 22.0 Å². The van der Waals surface area contributed by atoms with Gasteiger partial charge in [-0.25, -0.2) is 4.39 Å². The van der Waals surface area contributed by atoms with Crippen LogP contribution in [0.25, 0.3) is 0 Å². The second kappa shape index (κ2) is 3.65. The van der Waals surface area contributed by atoms with Crippen LogP contribution in [0.5, 0.6) is 0 Å². The van der Waals surface area contributed by atoms with Crippen LogP contribution in [0.3, 0.4) is 0 Å². The van der Waals surface area contributed by atoms with Crippen molar-refractivity contribution in [3.05, 3.63) is 34.3 Å². The summed E-state index contributed by atoms with van der Waals surface area (Å²) in [7, 11) is 0. The van der Waals surface area contributed by atoms with E-state index in [9.17, 15) is 4.39 Å². The lowest BCUT2D eigenvalue weighted by molar-refractivity contribution is 0.114. The average Bonchev–Trinajstić information content (AvgIpc) is 2.00. The first-order valence-corrected chi connectivity index (χ1v) is 5.84. The Morgan fingerprint density at radius 3 is 2.57 bits per heavy atom. The highest BCUT2D eigenvalue weighted by Crippen LogP contribution is 2.47. The third-order valence-electron chi connectivity index (χ3n) is 3.41. The lowest BCUT2D eigenvalue weighted by Gasteiger charge is -2.44. The molecule has 1 aliphatic rings. The number of halogens is 2. The van der Waals surface area contributed by atoms with Gasteiger partial charge < -0.3 is 0 Å². The van der Waals surface area contributed by atoms with Crippen molar-refractivity contribution < 1.29 is 4.39 Å². The van der Waals surface area contributed by atoms with Crippen LogP contribution in [0, 0.1) is 0 Å². The zero-order valence-corrected chi connectivity index (χ0v) is 9.85. The largest absolute Gasteiger partial charge is 0.247 e. The van der Waals surface area contributed by atoms with E-state index in [1.807, 2.05) is 18.2 Å². The molecule has 1 atom stereocenters. The lowest BCUT2D eigenvalue weighted by Crippen LogP contribution is -2.41. The third-order valence-corrected chi connectivity index (χ3v) is 3.90. The summed E-state index contributed by atoms with van der Waals surface area (Å²) in [6.45, 7) is 1.68. The topological polar surface area (TPSA) is 0 Å². The Hall–Kier alpha value is -0.370. The molecule has 0 N–H and O–H groups in total. The van der Waals surface area contributed by atoms with Gasteiger partial charge in [-0.2, -0.15) is 0 Å². The van der Waals surface area contributed by atoms with Gasteiger partial charge in [-0.15, -0.1) is 0 Å². The highest BCUT2D eigenvalue weighted by Gasteiger charge is 2.43. The molecule has 1 fully saturated rings. The molecule has 0 aromatic heterocycles. The predicted molar refractivity (Wildman–Crippen MR) is 60.2 cm³/mol. The van der Waals surface area contributed by atoms with Crippen LogP contribution in [0.4, 0.5) is 4.39 Å². The van der Waals surface area contributed by atoms with Crippen LogP contribution >= 0.6 is 15.9 Å². The lowest BCUT2D eigenvalue weighted by atomic mass is 9.62. The number of benzene rings is 1. The molecule has 0 heterocycles. The summed E-state index contributed by atoms with van der Waals surface area (Å²) in [5.41, 5.74) is 0.956. The first-order valence-electron chi connectivity index (χ1n) is 5.05. The van der Waals surface area contributed by atoms with Gasteiger partial charge in [-0.05, 0) is 37.5 Å². The van der Waals surface area contributed by atoms with E-state index in [0.717, 1.165) is 29.3 Å². The summed E-state index contributed by atoms with van der Waals surface area (Å²) < 4.78 is 14.6. The molecule has 1 aromatic rings. The van der Waals surface area contributed by atoms with Crippen LogP contribution in [0.15, 0.2) is 28.7 Å². The van der Waals surface area contributed by atoms with Crippen molar-refractivity contribution in [2.75, 3.05) is 0 Å². The Bertz CT molecular complexity index is 329. The highest BCUT2D eigenvalue weighted by atomic mass is 79.9. The summed E-state index contributed by atoms with van der Waals surface area (Å²) >= 11 is 3.43. The molecule has 0 saturated heterocycles. The average molecular weight is 257 g/mol. The molecule has 0 aliphatic heterocycles. The molecule has 0 amide bonds. The maximum Gasteiger partial charge on any atom is 0.107 e. The minimum atomic E-state index is -0.745. The molecule has 76 valence electrons. The molecule has 2 heteroatoms. The molecule has 1 saturated carbocycles. The summed E-state index contributed by atoms with van der Waals surface area (Å²) in [5.74, 6) is 0. The van der Waals surface area contributed by atoms with E-state index in [0.29, 0.717) is 0 Å². The van der Waals surface area contributed by atoms with E-state index in [-0.39, 0.29) is 5.41 Å². The smallest absolute Gasteiger partial charge is 0.107 e. The molecule has 2 rings (SSSR count). The standard InChI is InChI=1S/C12H14BrF/c1-9(14)12(6-3-7-12)10-4-2-5-11(13)8-10/h2,4-5,8-9H,3,6-7H2,1H3. The summed E-state index contributed by atoms with van der Waals surface area (Å²) in [6.07, 6.45) is 2.38. The summed E-state index contributed by atoms with van der Waals surface area (Å²) in [5, 5.41) is 0. The maximum absolute atomic E-state index is 13.6. The van der Waals surface area contributed by atoms with E-state index >= 15 is 0 Å². The summed E-state index contributed by atoms with van der Waals surface area (Å²) in [4.78, 5) is 0. The van der Waals surface area contributed by atoms with E-state index in [1.54, 1.807) is 6.92 Å². The van der Waals surface area contributed by atoms with Gasteiger partial charge in [0.25, 0.3) is 0 Å². The van der Waals surface area contributed by atoms with Crippen molar-refractivity contribution in [3.63, 3.8) is 0 Å². The molecule has 1 aromatic carbocycles. The van der Waals surface area contributed by atoms with E-state index < -0.39 is 6.17 Å². The number of hydrogen-bond donors (Lipinski definition) is 0. The Kier molecular flexibility index (Phi) is 2.65. The fourth-order valence-corrected chi connectivity index (χ4v) is 2.67. The van der Waals surface area contributed by atoms with E-state index in [1.165, 1.54) is 0 Å². The molecular weight excluding hydrogens is 243 g/mol. The monoisotopic (exact) mass is 256 g/mol. The van der Waals surface area contributed by atoms with Gasteiger partial charge in [0, 0.05) is 9.89 Å². The van der Waals surface area contributed by atoms with Gasteiger partial charge in [0.1, 0.15) is 6.17 Å². The van der Waals surface area contributed by atoms with Gasteiger partial charge in [0.15, 0.2) is 0 Å². The Morgan fingerprint density at radius 2 is 2.14 bits per heavy atom. The molecule has 0 nitrogen and oxygen atoms in total. The molecule has 0 radical (unpaired) electrons. The number of alkyl halides is 1. The van der Waals surface area contributed by atoms with Crippen molar-refractivity contribution in [1.82, 2.24) is 0 Å². The molecule has 0 spiro atoms. The van der Waals surface area contributed by atoms with Crippen LogP contribution in [-0.4, -0.2) is 6.17 Å². The quantitative estimate of drug-likeness (QED) is 0.743. The van der Waals surface area contributed by atoms with Crippen molar-refractivity contribution in [2.45, 2.75) is 37.8 Å². The molecule has 1 aliphatic carbocycles. The number of hydrogen-bond acceptors (Lipinski definition) is 0. The SMILES string of the molecule is CC(F)C1(c2cccc(Br)c2)CCC1. The number of rotatable bonds is 2. The van der Waals surface area contributed by atoms with Gasteiger partial charge in [-0.3, -0.25) is 0 Å².